The van der Waals surface area contributed by atoms with Crippen LogP contribution in [0.2, 0.25) is 0 Å². The van der Waals surface area contributed by atoms with E-state index in [1.54, 1.807) is 35.5 Å². The number of carbonyl (C=O) groups excluding carboxylic acids is 1. The van der Waals surface area contributed by atoms with Crippen LogP contribution in [0.4, 0.5) is 23.2 Å². The van der Waals surface area contributed by atoms with Crippen LogP contribution in [0, 0.1) is 5.82 Å². The molecular weight excluding hydrogens is 578 g/mol. The summed E-state index contributed by atoms with van der Waals surface area (Å²) >= 11 is 0. The molecule has 3 aromatic carbocycles. The van der Waals surface area contributed by atoms with E-state index >= 15 is 4.39 Å². The first-order chi connectivity index (χ1) is 21.2. The molecule has 5 aromatic rings. The van der Waals surface area contributed by atoms with Gasteiger partial charge in [-0.3, -0.25) is 9.78 Å². The van der Waals surface area contributed by atoms with E-state index in [1.165, 1.54) is 30.3 Å². The molecule has 0 atom stereocenters. The van der Waals surface area contributed by atoms with Gasteiger partial charge in [0, 0.05) is 56.7 Å². The molecule has 2 aromatic heterocycles. The van der Waals surface area contributed by atoms with Crippen LogP contribution >= 0.6 is 0 Å². The Labute approximate surface area is 250 Å². The topological polar surface area (TPSA) is 72.7 Å². The average Bonchev–Trinajstić information content (AvgIpc) is 3.36. The number of pyridine rings is 1. The van der Waals surface area contributed by atoms with Crippen molar-refractivity contribution >= 4 is 22.6 Å². The molecule has 0 saturated carbocycles. The van der Waals surface area contributed by atoms with Crippen molar-refractivity contribution in [2.24, 2.45) is 0 Å². The predicted molar refractivity (Wildman–Crippen MR) is 155 cm³/mol. The van der Waals surface area contributed by atoms with Gasteiger partial charge in [0.05, 0.1) is 16.7 Å². The lowest BCUT2D eigenvalue weighted by Crippen LogP contribution is -2.49. The molecule has 1 fully saturated rings. The van der Waals surface area contributed by atoms with Gasteiger partial charge in [-0.15, -0.1) is 13.2 Å². The highest BCUT2D eigenvalue weighted by atomic mass is 19.4. The summed E-state index contributed by atoms with van der Waals surface area (Å²) in [6.45, 7) is 2.02. The van der Waals surface area contributed by atoms with Crippen molar-refractivity contribution in [3.63, 3.8) is 0 Å². The lowest BCUT2D eigenvalue weighted by molar-refractivity contribution is -0.274. The Hall–Kier alpha value is -5.13. The Morgan fingerprint density at radius 3 is 2.25 bits per heavy atom. The normalized spacial score (nSPS) is 13.7. The molecule has 1 aliphatic rings. The summed E-state index contributed by atoms with van der Waals surface area (Å²) in [5, 5.41) is 0. The highest BCUT2D eigenvalue weighted by molar-refractivity contribution is 5.94. The molecule has 1 aliphatic heterocycles. The van der Waals surface area contributed by atoms with Crippen LogP contribution in [-0.2, 0) is 13.2 Å². The largest absolute Gasteiger partial charge is 0.573 e. The standard InChI is InChI=1S/C32H27F4N5O3/c33-26-18-27-29(19-28(26)39-14-16-40(17-15-39)31(42)23-10-12-37-13-11-23)41(30(38-27)21-43-24-4-2-1-3-5-24)20-22-6-8-25(9-7-22)44-32(34,35)36/h1-13,18-19H,14-17,20-21H2. The Morgan fingerprint density at radius 1 is 0.864 bits per heavy atom. The number of rotatable bonds is 8. The van der Waals surface area contributed by atoms with Crippen molar-refractivity contribution in [2.75, 3.05) is 31.1 Å². The van der Waals surface area contributed by atoms with Crippen LogP contribution in [0.25, 0.3) is 11.0 Å². The summed E-state index contributed by atoms with van der Waals surface area (Å²) in [6.07, 6.45) is -1.65. The molecule has 0 unspecified atom stereocenters. The summed E-state index contributed by atoms with van der Waals surface area (Å²) in [7, 11) is 0. The van der Waals surface area contributed by atoms with E-state index in [1.807, 2.05) is 39.8 Å². The second-order valence-corrected chi connectivity index (χ2v) is 10.2. The van der Waals surface area contributed by atoms with E-state index in [4.69, 9.17) is 4.74 Å². The number of imidazole rings is 1. The van der Waals surface area contributed by atoms with Crippen LogP contribution < -0.4 is 14.4 Å². The zero-order valence-corrected chi connectivity index (χ0v) is 23.4. The number of alkyl halides is 3. The molecule has 12 heteroatoms. The third kappa shape index (κ3) is 6.59. The second kappa shape index (κ2) is 12.2. The zero-order chi connectivity index (χ0) is 30.7. The van der Waals surface area contributed by atoms with Gasteiger partial charge in [0.25, 0.3) is 5.91 Å². The Kier molecular flexibility index (Phi) is 8.05. The summed E-state index contributed by atoms with van der Waals surface area (Å²) in [6, 6.07) is 21.2. The quantitative estimate of drug-likeness (QED) is 0.200. The van der Waals surface area contributed by atoms with E-state index in [-0.39, 0.29) is 24.8 Å². The van der Waals surface area contributed by atoms with Crippen LogP contribution in [0.15, 0.2) is 91.3 Å². The highest BCUT2D eigenvalue weighted by Gasteiger charge is 2.31. The fourth-order valence-corrected chi connectivity index (χ4v) is 5.18. The van der Waals surface area contributed by atoms with Crippen molar-refractivity contribution < 1.29 is 31.8 Å². The van der Waals surface area contributed by atoms with Gasteiger partial charge in [-0.05, 0) is 48.0 Å². The first-order valence-corrected chi connectivity index (χ1v) is 13.9. The molecular formula is C32H27F4N5O3. The highest BCUT2D eigenvalue weighted by Crippen LogP contribution is 2.30. The maximum atomic E-state index is 15.5. The van der Waals surface area contributed by atoms with Crippen LogP contribution in [0.1, 0.15) is 21.7 Å². The number of hydrogen-bond donors (Lipinski definition) is 0. The van der Waals surface area contributed by atoms with E-state index in [2.05, 4.69) is 14.7 Å². The number of hydrogen-bond acceptors (Lipinski definition) is 6. The molecule has 0 bridgehead atoms. The number of benzene rings is 3. The van der Waals surface area contributed by atoms with Gasteiger partial charge in [0.15, 0.2) is 0 Å². The Balaban J connectivity index is 1.27. The summed E-state index contributed by atoms with van der Waals surface area (Å²) in [5.41, 5.74) is 2.67. The summed E-state index contributed by atoms with van der Waals surface area (Å²) in [4.78, 5) is 25.1. The van der Waals surface area contributed by atoms with Crippen LogP contribution in [0.3, 0.4) is 0 Å². The molecule has 0 radical (unpaired) electrons. The second-order valence-electron chi connectivity index (χ2n) is 10.2. The molecule has 0 spiro atoms. The minimum absolute atomic E-state index is 0.0840. The van der Waals surface area contributed by atoms with Gasteiger partial charge in [-0.25, -0.2) is 9.37 Å². The molecule has 226 valence electrons. The summed E-state index contributed by atoms with van der Waals surface area (Å²) < 4.78 is 65.3. The van der Waals surface area contributed by atoms with Crippen LogP contribution in [0.5, 0.6) is 11.5 Å². The summed E-state index contributed by atoms with van der Waals surface area (Å²) in [5.74, 6) is 0.279. The predicted octanol–water partition coefficient (Wildman–Crippen LogP) is 6.06. The molecule has 0 N–H and O–H groups in total. The number of carbonyl (C=O) groups is 1. The van der Waals surface area contributed by atoms with E-state index in [9.17, 15) is 18.0 Å². The molecule has 8 nitrogen and oxygen atoms in total. The third-order valence-electron chi connectivity index (χ3n) is 7.34. The molecule has 3 heterocycles. The maximum Gasteiger partial charge on any atom is 0.573 e. The number of halogens is 4. The third-order valence-corrected chi connectivity index (χ3v) is 7.34. The lowest BCUT2D eigenvalue weighted by atomic mass is 10.1. The number of aromatic nitrogens is 3. The number of piperazine rings is 1. The van der Waals surface area contributed by atoms with E-state index in [0.29, 0.717) is 65.6 Å². The molecule has 1 saturated heterocycles. The minimum Gasteiger partial charge on any atom is -0.486 e. The van der Waals surface area contributed by atoms with E-state index in [0.717, 1.165) is 0 Å². The molecule has 6 rings (SSSR count). The monoisotopic (exact) mass is 605 g/mol. The van der Waals surface area contributed by atoms with Gasteiger partial charge >= 0.3 is 6.36 Å². The van der Waals surface area contributed by atoms with Gasteiger partial charge in [0.2, 0.25) is 0 Å². The Bertz CT molecular complexity index is 1740. The fourth-order valence-electron chi connectivity index (χ4n) is 5.18. The smallest absolute Gasteiger partial charge is 0.486 e. The minimum atomic E-state index is -4.79. The van der Waals surface area contributed by atoms with E-state index < -0.39 is 12.2 Å². The first-order valence-electron chi connectivity index (χ1n) is 13.9. The van der Waals surface area contributed by atoms with Crippen molar-refractivity contribution in [1.82, 2.24) is 19.4 Å². The fraction of sp³-hybridized carbons (Fsp3) is 0.219. The van der Waals surface area contributed by atoms with Crippen molar-refractivity contribution in [1.29, 1.82) is 0 Å². The van der Waals surface area contributed by atoms with Gasteiger partial charge < -0.3 is 23.8 Å². The number of para-hydroxylation sites is 1. The molecule has 1 amide bonds. The van der Waals surface area contributed by atoms with Crippen molar-refractivity contribution in [3.05, 3.63) is 114 Å². The lowest BCUT2D eigenvalue weighted by Gasteiger charge is -2.36. The maximum absolute atomic E-state index is 15.5. The number of ether oxygens (including phenoxy) is 2. The SMILES string of the molecule is O=C(c1ccncc1)N1CCN(c2cc3c(cc2F)nc(COc2ccccc2)n3Cc2ccc(OC(F)(F)F)cc2)CC1. The van der Waals surface area contributed by atoms with Crippen LogP contribution in [-0.4, -0.2) is 57.9 Å². The van der Waals surface area contributed by atoms with Gasteiger partial charge in [-0.1, -0.05) is 30.3 Å². The van der Waals surface area contributed by atoms with Gasteiger partial charge in [0.1, 0.15) is 29.7 Å². The Morgan fingerprint density at radius 2 is 1.57 bits per heavy atom. The molecule has 0 aliphatic carbocycles. The average molecular weight is 606 g/mol. The number of fused-ring (bicyclic) bond motifs is 1. The van der Waals surface area contributed by atoms with Crippen molar-refractivity contribution in [3.8, 4) is 11.5 Å². The van der Waals surface area contributed by atoms with Crippen molar-refractivity contribution in [2.45, 2.75) is 19.5 Å². The number of anilines is 1. The molecule has 44 heavy (non-hydrogen) atoms. The van der Waals surface area contributed by atoms with Gasteiger partial charge in [-0.2, -0.15) is 0 Å². The number of amides is 1. The zero-order valence-electron chi connectivity index (χ0n) is 23.4. The number of nitrogens with zero attached hydrogens (tertiary/aromatic N) is 5. The first kappa shape index (κ1) is 29.0.